The van der Waals surface area contributed by atoms with Gasteiger partial charge in [-0.2, -0.15) is 9.78 Å². The van der Waals surface area contributed by atoms with Crippen LogP contribution in [0.15, 0.2) is 77.6 Å². The van der Waals surface area contributed by atoms with Crippen molar-refractivity contribution in [3.05, 3.63) is 98.9 Å². The van der Waals surface area contributed by atoms with Gasteiger partial charge in [0.15, 0.2) is 5.69 Å². The lowest BCUT2D eigenvalue weighted by Crippen LogP contribution is -2.26. The fraction of sp³-hybridized carbons (Fsp3) is 0. The molecule has 0 spiro atoms. The van der Waals surface area contributed by atoms with Gasteiger partial charge in [0, 0.05) is 21.1 Å². The van der Waals surface area contributed by atoms with E-state index in [2.05, 4.69) is 10.4 Å². The molecule has 1 aromatic heterocycles. The molecular weight excluding hydrogens is 397 g/mol. The van der Waals surface area contributed by atoms with Gasteiger partial charge in [0.1, 0.15) is 0 Å². The second-order valence-corrected chi connectivity index (χ2v) is 6.92. The number of aromatic nitrogens is 2. The maximum Gasteiger partial charge on any atom is 0.279 e. The number of fused-ring (bicyclic) bond motifs is 1. The molecule has 4 aromatic rings. The Morgan fingerprint density at radius 3 is 2.04 bits per heavy atom. The van der Waals surface area contributed by atoms with Crippen molar-refractivity contribution in [2.24, 2.45) is 0 Å². The summed E-state index contributed by atoms with van der Waals surface area (Å²) in [5, 5.41) is 9.11. The van der Waals surface area contributed by atoms with Gasteiger partial charge in [0.2, 0.25) is 0 Å². The largest absolute Gasteiger partial charge is 0.321 e. The Morgan fingerprint density at radius 2 is 1.39 bits per heavy atom. The van der Waals surface area contributed by atoms with Crippen molar-refractivity contribution in [1.29, 1.82) is 0 Å². The fourth-order valence-corrected chi connectivity index (χ4v) is 3.09. The van der Waals surface area contributed by atoms with Crippen LogP contribution >= 0.6 is 23.2 Å². The van der Waals surface area contributed by atoms with E-state index in [1.54, 1.807) is 72.8 Å². The predicted molar refractivity (Wildman–Crippen MR) is 112 cm³/mol. The molecule has 0 saturated heterocycles. The summed E-state index contributed by atoms with van der Waals surface area (Å²) in [6.07, 6.45) is 0. The van der Waals surface area contributed by atoms with Gasteiger partial charge in [0.05, 0.1) is 11.1 Å². The zero-order chi connectivity index (χ0) is 19.7. The Morgan fingerprint density at radius 1 is 0.821 bits per heavy atom. The summed E-state index contributed by atoms with van der Waals surface area (Å²) in [6.45, 7) is 0. The van der Waals surface area contributed by atoms with Crippen LogP contribution in [0.25, 0.3) is 16.5 Å². The van der Waals surface area contributed by atoms with Crippen LogP contribution in [-0.2, 0) is 0 Å². The van der Waals surface area contributed by atoms with Crippen molar-refractivity contribution in [3.63, 3.8) is 0 Å². The minimum atomic E-state index is -0.429. The minimum absolute atomic E-state index is 0.139. The molecule has 138 valence electrons. The van der Waals surface area contributed by atoms with E-state index in [1.807, 2.05) is 0 Å². The highest BCUT2D eigenvalue weighted by molar-refractivity contribution is 6.31. The van der Waals surface area contributed by atoms with Gasteiger partial charge in [-0.15, -0.1) is 0 Å². The number of anilines is 1. The Hall–Kier alpha value is -3.15. The minimum Gasteiger partial charge on any atom is -0.321 e. The van der Waals surface area contributed by atoms with Gasteiger partial charge in [0.25, 0.3) is 11.5 Å². The maximum atomic E-state index is 12.9. The first-order chi connectivity index (χ1) is 13.5. The predicted octanol–water partition coefficient (Wildman–Crippen LogP) is 4.94. The topological polar surface area (TPSA) is 64.0 Å². The van der Waals surface area contributed by atoms with Gasteiger partial charge in [-0.1, -0.05) is 41.4 Å². The second-order valence-electron chi connectivity index (χ2n) is 6.05. The van der Waals surface area contributed by atoms with E-state index in [1.165, 1.54) is 4.68 Å². The molecule has 0 fully saturated rings. The third kappa shape index (κ3) is 3.50. The lowest BCUT2D eigenvalue weighted by molar-refractivity contribution is 0.102. The van der Waals surface area contributed by atoms with Crippen LogP contribution < -0.4 is 10.9 Å². The summed E-state index contributed by atoms with van der Waals surface area (Å²) < 4.78 is 1.20. The van der Waals surface area contributed by atoms with Gasteiger partial charge in [-0.3, -0.25) is 9.59 Å². The Balaban J connectivity index is 1.86. The molecule has 7 heteroatoms. The van der Waals surface area contributed by atoms with Crippen LogP contribution in [-0.4, -0.2) is 15.7 Å². The van der Waals surface area contributed by atoms with Gasteiger partial charge >= 0.3 is 0 Å². The number of hydrogen-bond acceptors (Lipinski definition) is 3. The molecule has 0 radical (unpaired) electrons. The standard InChI is InChI=1S/C21H13Cl2N3O2/c22-13-5-9-15(10-6-13)24-20(27)19-17-3-1-2-4-18(17)21(28)26(25-19)16-11-7-14(23)8-12-16/h1-12H,(H,24,27). The van der Waals surface area contributed by atoms with Crippen LogP contribution in [0.3, 0.4) is 0 Å². The van der Waals surface area contributed by atoms with E-state index in [4.69, 9.17) is 23.2 Å². The first-order valence-electron chi connectivity index (χ1n) is 8.38. The summed E-state index contributed by atoms with van der Waals surface area (Å²) in [7, 11) is 0. The molecule has 1 N–H and O–H groups in total. The molecule has 1 heterocycles. The summed E-state index contributed by atoms with van der Waals surface area (Å²) in [5.41, 5.74) is 0.909. The van der Waals surface area contributed by atoms with Gasteiger partial charge < -0.3 is 5.32 Å². The smallest absolute Gasteiger partial charge is 0.279 e. The number of rotatable bonds is 3. The molecule has 0 aliphatic carbocycles. The van der Waals surface area contributed by atoms with Crippen molar-refractivity contribution in [2.75, 3.05) is 5.32 Å². The molecule has 28 heavy (non-hydrogen) atoms. The summed E-state index contributed by atoms with van der Waals surface area (Å²) in [4.78, 5) is 25.8. The summed E-state index contributed by atoms with van der Waals surface area (Å²) >= 11 is 11.8. The summed E-state index contributed by atoms with van der Waals surface area (Å²) in [6, 6.07) is 20.3. The molecular formula is C21H13Cl2N3O2. The van der Waals surface area contributed by atoms with Crippen molar-refractivity contribution >= 4 is 45.6 Å². The lowest BCUT2D eigenvalue weighted by Gasteiger charge is -2.11. The second kappa shape index (κ2) is 7.46. The highest BCUT2D eigenvalue weighted by Gasteiger charge is 2.17. The van der Waals surface area contributed by atoms with Crippen LogP contribution in [0.4, 0.5) is 5.69 Å². The van der Waals surface area contributed by atoms with E-state index in [-0.39, 0.29) is 11.3 Å². The molecule has 4 rings (SSSR count). The SMILES string of the molecule is O=C(Nc1ccc(Cl)cc1)c1nn(-c2ccc(Cl)cc2)c(=O)c2ccccc12. The molecule has 0 aliphatic rings. The highest BCUT2D eigenvalue weighted by atomic mass is 35.5. The van der Waals surface area contributed by atoms with Gasteiger partial charge in [-0.05, 0) is 54.6 Å². The Labute approximate surface area is 170 Å². The Bertz CT molecular complexity index is 1230. The molecule has 5 nitrogen and oxygen atoms in total. The van der Waals surface area contributed by atoms with Crippen molar-refractivity contribution < 1.29 is 4.79 Å². The maximum absolute atomic E-state index is 12.9. The summed E-state index contributed by atoms with van der Waals surface area (Å²) in [5.74, 6) is -0.429. The fourth-order valence-electron chi connectivity index (χ4n) is 2.84. The first-order valence-corrected chi connectivity index (χ1v) is 9.13. The van der Waals surface area contributed by atoms with Crippen LogP contribution in [0, 0.1) is 0 Å². The van der Waals surface area contributed by atoms with Crippen molar-refractivity contribution in [1.82, 2.24) is 9.78 Å². The zero-order valence-corrected chi connectivity index (χ0v) is 15.9. The Kier molecular flexibility index (Phi) is 4.86. The quantitative estimate of drug-likeness (QED) is 0.520. The van der Waals surface area contributed by atoms with Crippen molar-refractivity contribution in [3.8, 4) is 5.69 Å². The highest BCUT2D eigenvalue weighted by Crippen LogP contribution is 2.19. The van der Waals surface area contributed by atoms with E-state index in [0.29, 0.717) is 32.2 Å². The number of hydrogen-bond donors (Lipinski definition) is 1. The number of benzene rings is 3. The molecule has 0 unspecified atom stereocenters. The third-order valence-corrected chi connectivity index (χ3v) is 4.70. The molecule has 0 atom stereocenters. The van der Waals surface area contributed by atoms with E-state index in [9.17, 15) is 9.59 Å². The van der Waals surface area contributed by atoms with Crippen LogP contribution in [0.1, 0.15) is 10.5 Å². The molecule has 0 saturated carbocycles. The van der Waals surface area contributed by atoms with Crippen LogP contribution in [0.5, 0.6) is 0 Å². The number of nitrogens with one attached hydrogen (secondary N) is 1. The van der Waals surface area contributed by atoms with E-state index < -0.39 is 5.91 Å². The zero-order valence-electron chi connectivity index (χ0n) is 14.4. The first kappa shape index (κ1) is 18.2. The number of nitrogens with zero attached hydrogens (tertiary/aromatic N) is 2. The van der Waals surface area contributed by atoms with Crippen LogP contribution in [0.2, 0.25) is 10.0 Å². The molecule has 3 aromatic carbocycles. The monoisotopic (exact) mass is 409 g/mol. The van der Waals surface area contributed by atoms with Gasteiger partial charge in [-0.25, -0.2) is 0 Å². The normalized spacial score (nSPS) is 10.8. The number of halogens is 2. The number of carbonyl (C=O) groups excluding carboxylic acids is 1. The molecule has 0 aliphatic heterocycles. The molecule has 1 amide bonds. The lowest BCUT2D eigenvalue weighted by atomic mass is 10.1. The average Bonchev–Trinajstić information content (AvgIpc) is 2.71. The molecule has 0 bridgehead atoms. The van der Waals surface area contributed by atoms with Crippen molar-refractivity contribution in [2.45, 2.75) is 0 Å². The third-order valence-electron chi connectivity index (χ3n) is 4.19. The number of carbonyl (C=O) groups is 1. The average molecular weight is 410 g/mol. The number of amides is 1. The van der Waals surface area contributed by atoms with E-state index >= 15 is 0 Å². The van der Waals surface area contributed by atoms with E-state index in [0.717, 1.165) is 0 Å².